The quantitative estimate of drug-likeness (QED) is 0.737. The Labute approximate surface area is 134 Å². The maximum absolute atomic E-state index is 12.0. The van der Waals surface area contributed by atoms with Crippen molar-refractivity contribution in [2.24, 2.45) is 10.6 Å². The number of nitrogens with one attached hydrogen (secondary N) is 2. The van der Waals surface area contributed by atoms with Crippen molar-refractivity contribution < 1.29 is 13.2 Å². The molecule has 1 aliphatic heterocycles. The highest BCUT2D eigenvalue weighted by Crippen LogP contribution is 2.33. The minimum atomic E-state index is -3.75. The minimum Gasteiger partial charge on any atom is -0.359 e. The third kappa shape index (κ3) is 2.77. The Kier molecular flexibility index (Phi) is 3.56. The number of nitrogens with zero attached hydrogens (tertiary/aromatic N) is 2. The molecule has 0 saturated carbocycles. The van der Waals surface area contributed by atoms with E-state index >= 15 is 0 Å². The molecule has 23 heavy (non-hydrogen) atoms. The van der Waals surface area contributed by atoms with Crippen LogP contribution in [-0.4, -0.2) is 44.4 Å². The Hall–Kier alpha value is -2.13. The molecule has 124 valence electrons. The van der Waals surface area contributed by atoms with Gasteiger partial charge in [-0.15, -0.1) is 0 Å². The smallest absolute Gasteiger partial charge is 0.238 e. The molecule has 1 fully saturated rings. The average molecular weight is 337 g/mol. The van der Waals surface area contributed by atoms with Crippen LogP contribution in [-0.2, 0) is 14.8 Å². The van der Waals surface area contributed by atoms with Crippen LogP contribution in [0.3, 0.4) is 0 Å². The topological polar surface area (TPSA) is 121 Å². The Bertz CT molecular complexity index is 876. The number of aromatic nitrogens is 2. The lowest BCUT2D eigenvalue weighted by atomic mass is 9.89. The van der Waals surface area contributed by atoms with E-state index in [1.165, 1.54) is 12.1 Å². The summed E-state index contributed by atoms with van der Waals surface area (Å²) in [6, 6.07) is 4.51. The van der Waals surface area contributed by atoms with Crippen molar-refractivity contribution in [3.05, 3.63) is 18.2 Å². The Morgan fingerprint density at radius 2 is 2.22 bits per heavy atom. The van der Waals surface area contributed by atoms with Crippen molar-refractivity contribution in [1.82, 2.24) is 15.3 Å². The molecule has 0 bridgehead atoms. The van der Waals surface area contributed by atoms with Crippen molar-refractivity contribution >= 4 is 32.9 Å². The van der Waals surface area contributed by atoms with Gasteiger partial charge < -0.3 is 15.2 Å². The van der Waals surface area contributed by atoms with E-state index in [0.717, 1.165) is 6.42 Å². The molecule has 1 aliphatic rings. The normalized spacial score (nSPS) is 21.8. The SMILES string of the molecule is CNC(=O)C1(C)CCN(c2nc3ccc(S(N)(=O)=O)cc3[nH]2)C1. The number of rotatable bonds is 3. The molecule has 4 N–H and O–H groups in total. The van der Waals surface area contributed by atoms with Crippen molar-refractivity contribution in [3.8, 4) is 0 Å². The number of primary sulfonamides is 1. The lowest BCUT2D eigenvalue weighted by molar-refractivity contribution is -0.128. The molecule has 2 heterocycles. The molecule has 1 amide bonds. The first-order chi connectivity index (χ1) is 10.7. The number of hydrogen-bond acceptors (Lipinski definition) is 5. The number of sulfonamides is 1. The molecule has 0 spiro atoms. The first-order valence-electron chi connectivity index (χ1n) is 7.23. The average Bonchev–Trinajstić information content (AvgIpc) is 3.08. The Morgan fingerprint density at radius 1 is 1.48 bits per heavy atom. The molecule has 0 aliphatic carbocycles. The summed E-state index contributed by atoms with van der Waals surface area (Å²) in [5.41, 5.74) is 0.792. The van der Waals surface area contributed by atoms with Crippen LogP contribution in [0.1, 0.15) is 13.3 Å². The summed E-state index contributed by atoms with van der Waals surface area (Å²) in [5.74, 6) is 0.631. The summed E-state index contributed by atoms with van der Waals surface area (Å²) < 4.78 is 22.8. The van der Waals surface area contributed by atoms with Crippen LogP contribution >= 0.6 is 0 Å². The highest BCUT2D eigenvalue weighted by Gasteiger charge is 2.40. The third-order valence-electron chi connectivity index (χ3n) is 4.32. The summed E-state index contributed by atoms with van der Waals surface area (Å²) >= 11 is 0. The predicted molar refractivity (Wildman–Crippen MR) is 86.5 cm³/mol. The maximum atomic E-state index is 12.0. The van der Waals surface area contributed by atoms with Gasteiger partial charge in [-0.2, -0.15) is 0 Å². The van der Waals surface area contributed by atoms with E-state index < -0.39 is 15.4 Å². The number of H-pyrrole nitrogens is 1. The maximum Gasteiger partial charge on any atom is 0.238 e. The molecule has 8 nitrogen and oxygen atoms in total. The first-order valence-corrected chi connectivity index (χ1v) is 8.77. The van der Waals surface area contributed by atoms with Gasteiger partial charge in [-0.3, -0.25) is 4.79 Å². The van der Waals surface area contributed by atoms with E-state index in [4.69, 9.17) is 5.14 Å². The molecule has 1 aromatic carbocycles. The van der Waals surface area contributed by atoms with E-state index in [0.29, 0.717) is 30.1 Å². The van der Waals surface area contributed by atoms with Gasteiger partial charge in [0.2, 0.25) is 21.9 Å². The second-order valence-electron chi connectivity index (χ2n) is 6.10. The van der Waals surface area contributed by atoms with Crippen LogP contribution in [0.5, 0.6) is 0 Å². The number of fused-ring (bicyclic) bond motifs is 1. The van der Waals surface area contributed by atoms with Crippen LogP contribution in [0.15, 0.2) is 23.1 Å². The summed E-state index contributed by atoms with van der Waals surface area (Å²) in [7, 11) is -2.12. The summed E-state index contributed by atoms with van der Waals surface area (Å²) in [5, 5.41) is 7.84. The Balaban J connectivity index is 1.92. The molecule has 9 heteroatoms. The fraction of sp³-hybridized carbons (Fsp3) is 0.429. The van der Waals surface area contributed by atoms with E-state index in [1.54, 1.807) is 13.1 Å². The summed E-state index contributed by atoms with van der Waals surface area (Å²) in [6.07, 6.45) is 0.728. The molecular formula is C14H19N5O3S. The monoisotopic (exact) mass is 337 g/mol. The van der Waals surface area contributed by atoms with Gasteiger partial charge in [0.05, 0.1) is 21.3 Å². The fourth-order valence-electron chi connectivity index (χ4n) is 2.93. The number of imidazole rings is 1. The second-order valence-corrected chi connectivity index (χ2v) is 7.66. The number of carbonyl (C=O) groups excluding carboxylic acids is 1. The van der Waals surface area contributed by atoms with Crippen molar-refractivity contribution in [2.45, 2.75) is 18.2 Å². The van der Waals surface area contributed by atoms with Crippen LogP contribution in [0.25, 0.3) is 11.0 Å². The molecule has 1 aromatic heterocycles. The molecule has 1 unspecified atom stereocenters. The highest BCUT2D eigenvalue weighted by atomic mass is 32.2. The standard InChI is InChI=1S/C14H19N5O3S/c1-14(12(20)16-2)5-6-19(8-14)13-17-10-4-3-9(23(15,21)22)7-11(10)18-13/h3-4,7H,5-6,8H2,1-2H3,(H,16,20)(H,17,18)(H2,15,21,22). The van der Waals surface area contributed by atoms with Gasteiger partial charge in [0.15, 0.2) is 0 Å². The van der Waals surface area contributed by atoms with Gasteiger partial charge in [-0.1, -0.05) is 0 Å². The Morgan fingerprint density at radius 3 is 2.87 bits per heavy atom. The van der Waals surface area contributed by atoms with Gasteiger partial charge >= 0.3 is 0 Å². The predicted octanol–water partition coefficient (Wildman–Crippen LogP) is 0.173. The van der Waals surface area contributed by atoms with Crippen molar-refractivity contribution in [2.75, 3.05) is 25.0 Å². The highest BCUT2D eigenvalue weighted by molar-refractivity contribution is 7.89. The molecule has 0 radical (unpaired) electrons. The van der Waals surface area contributed by atoms with E-state index in [2.05, 4.69) is 15.3 Å². The summed E-state index contributed by atoms with van der Waals surface area (Å²) in [4.78, 5) is 21.6. The minimum absolute atomic E-state index is 0.00706. The van der Waals surface area contributed by atoms with E-state index in [-0.39, 0.29) is 10.8 Å². The van der Waals surface area contributed by atoms with Crippen molar-refractivity contribution in [1.29, 1.82) is 0 Å². The molecule has 1 atom stereocenters. The number of benzene rings is 1. The number of carbonyl (C=O) groups is 1. The van der Waals surface area contributed by atoms with Gasteiger partial charge in [0.25, 0.3) is 0 Å². The van der Waals surface area contributed by atoms with Gasteiger partial charge in [0.1, 0.15) is 0 Å². The molecule has 2 aromatic rings. The van der Waals surface area contributed by atoms with Crippen LogP contribution in [0.2, 0.25) is 0 Å². The number of aromatic amines is 1. The number of hydrogen-bond donors (Lipinski definition) is 3. The number of anilines is 1. The van der Waals surface area contributed by atoms with Crippen LogP contribution in [0.4, 0.5) is 5.95 Å². The van der Waals surface area contributed by atoms with Crippen LogP contribution < -0.4 is 15.4 Å². The molecule has 3 rings (SSSR count). The van der Waals surface area contributed by atoms with Gasteiger partial charge in [-0.25, -0.2) is 18.5 Å². The largest absolute Gasteiger partial charge is 0.359 e. The molecule has 1 saturated heterocycles. The van der Waals surface area contributed by atoms with Gasteiger partial charge in [-0.05, 0) is 31.5 Å². The van der Waals surface area contributed by atoms with Crippen molar-refractivity contribution in [3.63, 3.8) is 0 Å². The zero-order chi connectivity index (χ0) is 16.8. The second kappa shape index (κ2) is 5.20. The van der Waals surface area contributed by atoms with Gasteiger partial charge in [0, 0.05) is 20.1 Å². The zero-order valence-electron chi connectivity index (χ0n) is 13.0. The summed E-state index contributed by atoms with van der Waals surface area (Å²) in [6.45, 7) is 3.17. The zero-order valence-corrected chi connectivity index (χ0v) is 13.8. The van der Waals surface area contributed by atoms with Crippen LogP contribution in [0, 0.1) is 5.41 Å². The number of amides is 1. The first kappa shape index (κ1) is 15.8. The number of nitrogens with two attached hydrogens (primary N) is 1. The van der Waals surface area contributed by atoms with E-state index in [1.807, 2.05) is 11.8 Å². The lowest BCUT2D eigenvalue weighted by Crippen LogP contribution is -2.39. The third-order valence-corrected chi connectivity index (χ3v) is 5.23. The molecular weight excluding hydrogens is 318 g/mol. The fourth-order valence-corrected chi connectivity index (χ4v) is 3.47. The van der Waals surface area contributed by atoms with E-state index in [9.17, 15) is 13.2 Å². The lowest BCUT2D eigenvalue weighted by Gasteiger charge is -2.22.